The second kappa shape index (κ2) is 16.6. The lowest BCUT2D eigenvalue weighted by molar-refractivity contribution is 0.219. The maximum atomic E-state index is 9.90. The minimum atomic E-state index is -0.383. The lowest BCUT2D eigenvalue weighted by Gasteiger charge is -2.15. The van der Waals surface area contributed by atoms with Gasteiger partial charge < -0.3 is 10.2 Å². The molecule has 0 fully saturated rings. The van der Waals surface area contributed by atoms with Crippen LogP contribution in [0, 0.1) is 0 Å². The largest absolute Gasteiger partial charge is 0.382 e. The van der Waals surface area contributed by atoms with E-state index in [0.717, 1.165) is 25.7 Å². The molecular formula is C18H38O2S. The number of aliphatic hydroxyl groups is 2. The molecule has 0 rings (SSSR count). The van der Waals surface area contributed by atoms with Crippen molar-refractivity contribution in [2.75, 3.05) is 0 Å². The molecule has 0 amide bonds. The summed E-state index contributed by atoms with van der Waals surface area (Å²) in [6.45, 7) is 4.46. The van der Waals surface area contributed by atoms with E-state index in [0.29, 0.717) is 0 Å². The lowest BCUT2D eigenvalue weighted by Crippen LogP contribution is -2.10. The summed E-state index contributed by atoms with van der Waals surface area (Å²) in [5, 5.41) is 19.8. The second-order valence-electron chi connectivity index (χ2n) is 6.16. The average Bonchev–Trinajstić information content (AvgIpc) is 2.46. The summed E-state index contributed by atoms with van der Waals surface area (Å²) >= 11 is 1.35. The van der Waals surface area contributed by atoms with Gasteiger partial charge in [0.2, 0.25) is 0 Å². The fourth-order valence-corrected chi connectivity index (χ4v) is 3.48. The molecule has 0 bridgehead atoms. The van der Waals surface area contributed by atoms with E-state index in [4.69, 9.17) is 0 Å². The van der Waals surface area contributed by atoms with Crippen LogP contribution in [0.25, 0.3) is 0 Å². The molecule has 0 saturated carbocycles. The quantitative estimate of drug-likeness (QED) is 0.277. The van der Waals surface area contributed by atoms with Crippen LogP contribution in [-0.4, -0.2) is 21.1 Å². The molecule has 2 unspecified atom stereocenters. The SMILES string of the molecule is CCCCCCCCC(O)SC(O)CCCCCCCC. The molecule has 3 heteroatoms. The van der Waals surface area contributed by atoms with Gasteiger partial charge in [0.15, 0.2) is 0 Å². The Labute approximate surface area is 137 Å². The van der Waals surface area contributed by atoms with Crippen LogP contribution in [0.15, 0.2) is 0 Å². The first-order chi connectivity index (χ1) is 10.2. The Hall–Kier alpha value is 0.270. The van der Waals surface area contributed by atoms with E-state index >= 15 is 0 Å². The fourth-order valence-electron chi connectivity index (χ4n) is 2.52. The highest BCUT2D eigenvalue weighted by atomic mass is 32.2. The van der Waals surface area contributed by atoms with Crippen LogP contribution in [0.3, 0.4) is 0 Å². The Morgan fingerprint density at radius 1 is 0.571 bits per heavy atom. The Morgan fingerprint density at radius 2 is 0.905 bits per heavy atom. The topological polar surface area (TPSA) is 40.5 Å². The van der Waals surface area contributed by atoms with Crippen molar-refractivity contribution >= 4 is 11.8 Å². The van der Waals surface area contributed by atoms with E-state index in [9.17, 15) is 10.2 Å². The Balaban J connectivity index is 3.33. The predicted octanol–water partition coefficient (Wildman–Crippen LogP) is 5.86. The molecule has 0 spiro atoms. The monoisotopic (exact) mass is 318 g/mol. The zero-order chi connectivity index (χ0) is 15.8. The van der Waals surface area contributed by atoms with Crippen LogP contribution in [-0.2, 0) is 0 Å². The summed E-state index contributed by atoms with van der Waals surface area (Å²) in [7, 11) is 0. The van der Waals surface area contributed by atoms with Gasteiger partial charge in [0, 0.05) is 0 Å². The summed E-state index contributed by atoms with van der Waals surface area (Å²) in [6, 6.07) is 0. The molecule has 0 aromatic carbocycles. The zero-order valence-electron chi connectivity index (χ0n) is 14.4. The molecule has 2 N–H and O–H groups in total. The highest BCUT2D eigenvalue weighted by Gasteiger charge is 2.11. The van der Waals surface area contributed by atoms with Crippen molar-refractivity contribution in [3.63, 3.8) is 0 Å². The summed E-state index contributed by atoms with van der Waals surface area (Å²) in [4.78, 5) is 0. The minimum absolute atomic E-state index is 0.383. The summed E-state index contributed by atoms with van der Waals surface area (Å²) < 4.78 is 0. The van der Waals surface area contributed by atoms with Gasteiger partial charge >= 0.3 is 0 Å². The first-order valence-corrected chi connectivity index (χ1v) is 10.2. The molecule has 0 aromatic heterocycles. The molecule has 0 heterocycles. The molecule has 128 valence electrons. The first-order valence-electron chi connectivity index (χ1n) is 9.22. The lowest BCUT2D eigenvalue weighted by atomic mass is 10.1. The van der Waals surface area contributed by atoms with Crippen LogP contribution in [0.5, 0.6) is 0 Å². The van der Waals surface area contributed by atoms with Crippen molar-refractivity contribution in [1.82, 2.24) is 0 Å². The van der Waals surface area contributed by atoms with E-state index in [2.05, 4.69) is 13.8 Å². The molecular weight excluding hydrogens is 280 g/mol. The van der Waals surface area contributed by atoms with Gasteiger partial charge in [-0.05, 0) is 12.8 Å². The van der Waals surface area contributed by atoms with Gasteiger partial charge in [-0.3, -0.25) is 0 Å². The van der Waals surface area contributed by atoms with Crippen LogP contribution in [0.2, 0.25) is 0 Å². The normalized spacial score (nSPS) is 14.3. The Bertz CT molecular complexity index is 180. The van der Waals surface area contributed by atoms with Crippen LogP contribution in [0.1, 0.15) is 104 Å². The van der Waals surface area contributed by atoms with Gasteiger partial charge in [0.05, 0.1) is 0 Å². The number of unbranched alkanes of at least 4 members (excludes halogenated alkanes) is 10. The van der Waals surface area contributed by atoms with Gasteiger partial charge in [0.25, 0.3) is 0 Å². The van der Waals surface area contributed by atoms with E-state index in [1.807, 2.05) is 0 Å². The first kappa shape index (κ1) is 21.3. The van der Waals surface area contributed by atoms with E-state index in [1.165, 1.54) is 76.0 Å². The maximum Gasteiger partial charge on any atom is 0.102 e. The smallest absolute Gasteiger partial charge is 0.102 e. The average molecular weight is 319 g/mol. The summed E-state index contributed by atoms with van der Waals surface area (Å²) in [5.41, 5.74) is -0.766. The minimum Gasteiger partial charge on any atom is -0.382 e. The van der Waals surface area contributed by atoms with Gasteiger partial charge in [-0.2, -0.15) is 0 Å². The van der Waals surface area contributed by atoms with Crippen molar-refractivity contribution in [2.45, 2.75) is 115 Å². The number of aliphatic hydroxyl groups excluding tert-OH is 2. The zero-order valence-corrected chi connectivity index (χ0v) is 15.2. The summed E-state index contributed by atoms with van der Waals surface area (Å²) in [6.07, 6.45) is 16.7. The molecule has 2 nitrogen and oxygen atoms in total. The van der Waals surface area contributed by atoms with Gasteiger partial charge in [-0.15, -0.1) is 0 Å². The Kier molecular flexibility index (Phi) is 16.9. The van der Waals surface area contributed by atoms with E-state index < -0.39 is 0 Å². The molecule has 0 aliphatic heterocycles. The van der Waals surface area contributed by atoms with Crippen molar-refractivity contribution < 1.29 is 10.2 Å². The third-order valence-corrected chi connectivity index (χ3v) is 5.02. The highest BCUT2D eigenvalue weighted by Crippen LogP contribution is 2.23. The van der Waals surface area contributed by atoms with Crippen molar-refractivity contribution in [2.24, 2.45) is 0 Å². The molecule has 2 atom stereocenters. The predicted molar refractivity (Wildman–Crippen MR) is 95.6 cm³/mol. The maximum absolute atomic E-state index is 9.90. The summed E-state index contributed by atoms with van der Waals surface area (Å²) in [5.74, 6) is 0. The molecule has 0 aliphatic rings. The molecule has 0 aromatic rings. The van der Waals surface area contributed by atoms with Crippen LogP contribution in [0.4, 0.5) is 0 Å². The van der Waals surface area contributed by atoms with Crippen molar-refractivity contribution in [3.05, 3.63) is 0 Å². The van der Waals surface area contributed by atoms with Crippen molar-refractivity contribution in [3.8, 4) is 0 Å². The fraction of sp³-hybridized carbons (Fsp3) is 1.00. The molecule has 21 heavy (non-hydrogen) atoms. The number of rotatable bonds is 16. The van der Waals surface area contributed by atoms with E-state index in [1.54, 1.807) is 0 Å². The van der Waals surface area contributed by atoms with Crippen LogP contribution < -0.4 is 0 Å². The molecule has 0 aliphatic carbocycles. The van der Waals surface area contributed by atoms with Gasteiger partial charge in [-0.25, -0.2) is 0 Å². The second-order valence-corrected chi connectivity index (χ2v) is 7.52. The number of thioether (sulfide) groups is 1. The number of hydrogen-bond donors (Lipinski definition) is 2. The number of hydrogen-bond acceptors (Lipinski definition) is 3. The third-order valence-electron chi connectivity index (χ3n) is 3.92. The standard InChI is InChI=1S/C18H38O2S/c1-3-5-7-9-11-13-15-17(19)21-18(20)16-14-12-10-8-6-4-2/h17-20H,3-16H2,1-2H3. The van der Waals surface area contributed by atoms with E-state index in [-0.39, 0.29) is 10.9 Å². The molecule has 0 radical (unpaired) electrons. The highest BCUT2D eigenvalue weighted by molar-refractivity contribution is 8.00. The van der Waals surface area contributed by atoms with Crippen LogP contribution >= 0.6 is 11.8 Å². The Morgan fingerprint density at radius 3 is 1.29 bits per heavy atom. The molecule has 0 saturated heterocycles. The van der Waals surface area contributed by atoms with Crippen molar-refractivity contribution in [1.29, 1.82) is 0 Å². The van der Waals surface area contributed by atoms with Gasteiger partial charge in [0.1, 0.15) is 10.9 Å². The third kappa shape index (κ3) is 16.5. The van der Waals surface area contributed by atoms with Gasteiger partial charge in [-0.1, -0.05) is 103 Å².